The summed E-state index contributed by atoms with van der Waals surface area (Å²) in [5, 5.41) is 0. The zero-order chi connectivity index (χ0) is 11.3. The second-order valence-corrected chi connectivity index (χ2v) is 7.81. The third kappa shape index (κ3) is 1.97. The predicted molar refractivity (Wildman–Crippen MR) is 66.9 cm³/mol. The Balaban J connectivity index is 2.28. The molecule has 0 radical (unpaired) electrons. The van der Waals surface area contributed by atoms with Gasteiger partial charge in [-0.2, -0.15) is 0 Å². The number of rotatable bonds is 1. The largest absolute Gasteiger partial charge is 0.0623 e. The average Bonchev–Trinajstić information content (AvgIpc) is 1.98. The molecule has 1 unspecified atom stereocenters. The van der Waals surface area contributed by atoms with Crippen molar-refractivity contribution in [2.45, 2.75) is 73.1 Å². The van der Waals surface area contributed by atoms with E-state index in [1.165, 1.54) is 38.5 Å². The fraction of sp³-hybridized carbons (Fsp3) is 1.00. The van der Waals surface area contributed by atoms with Crippen molar-refractivity contribution >= 4 is 0 Å². The molecule has 0 heterocycles. The normalized spacial score (nSPS) is 50.8. The maximum atomic E-state index is 2.55. The fourth-order valence-electron chi connectivity index (χ4n) is 4.87. The van der Waals surface area contributed by atoms with Gasteiger partial charge in [0.2, 0.25) is 0 Å². The van der Waals surface area contributed by atoms with Crippen LogP contribution in [-0.4, -0.2) is 0 Å². The van der Waals surface area contributed by atoms with E-state index in [9.17, 15) is 0 Å². The third-order valence-corrected chi connectivity index (χ3v) is 5.47. The highest BCUT2D eigenvalue weighted by Crippen LogP contribution is 2.62. The Morgan fingerprint density at radius 2 is 1.27 bits per heavy atom. The molecule has 2 bridgehead atoms. The molecule has 2 aliphatic carbocycles. The molecule has 0 nitrogen and oxygen atoms in total. The van der Waals surface area contributed by atoms with Crippen molar-refractivity contribution in [1.82, 2.24) is 0 Å². The molecule has 2 aliphatic rings. The monoisotopic (exact) mass is 208 g/mol. The van der Waals surface area contributed by atoms with Crippen LogP contribution in [0.4, 0.5) is 0 Å². The quantitative estimate of drug-likeness (QED) is 0.567. The molecule has 2 fully saturated rings. The fourth-order valence-corrected chi connectivity index (χ4v) is 4.87. The molecule has 88 valence electrons. The van der Waals surface area contributed by atoms with Gasteiger partial charge in [-0.25, -0.2) is 0 Å². The summed E-state index contributed by atoms with van der Waals surface area (Å²) < 4.78 is 0. The van der Waals surface area contributed by atoms with E-state index in [4.69, 9.17) is 0 Å². The van der Waals surface area contributed by atoms with Crippen molar-refractivity contribution in [2.75, 3.05) is 0 Å². The molecule has 0 heteroatoms. The van der Waals surface area contributed by atoms with Gasteiger partial charge in [0.05, 0.1) is 0 Å². The average molecular weight is 208 g/mol. The van der Waals surface area contributed by atoms with E-state index in [1.54, 1.807) is 0 Å². The Hall–Kier alpha value is 0. The van der Waals surface area contributed by atoms with E-state index >= 15 is 0 Å². The molecule has 0 aromatic rings. The van der Waals surface area contributed by atoms with Crippen LogP contribution in [0.15, 0.2) is 0 Å². The highest BCUT2D eigenvalue weighted by Gasteiger charge is 2.51. The molecule has 0 amide bonds. The Morgan fingerprint density at radius 3 is 1.67 bits per heavy atom. The van der Waals surface area contributed by atoms with Gasteiger partial charge in [0.1, 0.15) is 0 Å². The third-order valence-electron chi connectivity index (χ3n) is 5.47. The minimum Gasteiger partial charge on any atom is -0.0623 e. The molecule has 0 aliphatic heterocycles. The van der Waals surface area contributed by atoms with Crippen LogP contribution in [0, 0.1) is 22.2 Å². The Bertz CT molecular complexity index is 235. The maximum Gasteiger partial charge on any atom is -0.0292 e. The number of hydrogen-bond acceptors (Lipinski definition) is 0. The smallest absolute Gasteiger partial charge is 0.0292 e. The van der Waals surface area contributed by atoms with Gasteiger partial charge in [0, 0.05) is 0 Å². The van der Waals surface area contributed by atoms with Crippen LogP contribution in [0.5, 0.6) is 0 Å². The number of fused-ring (bicyclic) bond motifs is 2. The molecule has 0 saturated heterocycles. The summed E-state index contributed by atoms with van der Waals surface area (Å²) >= 11 is 0. The molecular formula is C15H28. The summed E-state index contributed by atoms with van der Waals surface area (Å²) in [7, 11) is 0. The molecule has 2 saturated carbocycles. The molecule has 0 spiro atoms. The van der Waals surface area contributed by atoms with Gasteiger partial charge >= 0.3 is 0 Å². The van der Waals surface area contributed by atoms with E-state index in [0.29, 0.717) is 16.2 Å². The second kappa shape index (κ2) is 3.25. The molecule has 0 N–H and O–H groups in total. The minimum absolute atomic E-state index is 0.599. The maximum absolute atomic E-state index is 2.55. The van der Waals surface area contributed by atoms with E-state index in [-0.39, 0.29) is 0 Å². The van der Waals surface area contributed by atoms with Gasteiger partial charge in [0.25, 0.3) is 0 Å². The van der Waals surface area contributed by atoms with E-state index in [0.717, 1.165) is 5.92 Å². The first kappa shape index (κ1) is 11.5. The van der Waals surface area contributed by atoms with Crippen molar-refractivity contribution in [3.63, 3.8) is 0 Å². The summed E-state index contributed by atoms with van der Waals surface area (Å²) in [6, 6.07) is 0. The first-order chi connectivity index (χ1) is 6.77. The van der Waals surface area contributed by atoms with E-state index in [2.05, 4.69) is 34.6 Å². The van der Waals surface area contributed by atoms with Gasteiger partial charge in [-0.05, 0) is 54.3 Å². The van der Waals surface area contributed by atoms with Gasteiger partial charge in [-0.15, -0.1) is 0 Å². The van der Waals surface area contributed by atoms with Crippen molar-refractivity contribution in [1.29, 1.82) is 0 Å². The Morgan fingerprint density at radius 1 is 0.800 bits per heavy atom. The molecule has 0 aromatic heterocycles. The predicted octanol–water partition coefficient (Wildman–Crippen LogP) is 5.03. The van der Waals surface area contributed by atoms with Crippen LogP contribution in [-0.2, 0) is 0 Å². The van der Waals surface area contributed by atoms with Crippen LogP contribution < -0.4 is 0 Å². The van der Waals surface area contributed by atoms with Crippen molar-refractivity contribution in [3.05, 3.63) is 0 Å². The summed E-state index contributed by atoms with van der Waals surface area (Å²) in [6.45, 7) is 12.5. The highest BCUT2D eigenvalue weighted by atomic mass is 14.6. The van der Waals surface area contributed by atoms with Crippen molar-refractivity contribution < 1.29 is 0 Å². The zero-order valence-electron chi connectivity index (χ0n) is 11.3. The lowest BCUT2D eigenvalue weighted by Crippen LogP contribution is -2.47. The van der Waals surface area contributed by atoms with Crippen LogP contribution in [0.1, 0.15) is 73.1 Å². The molecule has 2 rings (SSSR count). The second-order valence-electron chi connectivity index (χ2n) is 7.81. The van der Waals surface area contributed by atoms with Gasteiger partial charge < -0.3 is 0 Å². The SMILES string of the molecule is CC(C)C1(C)C[C@]2(C)CCC[C@](C)(C1)C2. The first-order valence-electron chi connectivity index (χ1n) is 6.77. The zero-order valence-corrected chi connectivity index (χ0v) is 11.3. The molecular weight excluding hydrogens is 180 g/mol. The lowest BCUT2D eigenvalue weighted by atomic mass is 9.47. The van der Waals surface area contributed by atoms with Crippen LogP contribution in [0.25, 0.3) is 0 Å². The standard InChI is InChI=1S/C15H28/c1-12(2)15(5)10-13(3)7-6-8-14(4,9-13)11-15/h12H,6-11H2,1-5H3/t13-,14+,15?. The van der Waals surface area contributed by atoms with Crippen LogP contribution >= 0.6 is 0 Å². The van der Waals surface area contributed by atoms with Crippen molar-refractivity contribution in [2.24, 2.45) is 22.2 Å². The molecule has 3 atom stereocenters. The summed E-state index contributed by atoms with van der Waals surface area (Å²) in [6.07, 6.45) is 8.85. The van der Waals surface area contributed by atoms with Crippen molar-refractivity contribution in [3.8, 4) is 0 Å². The minimum atomic E-state index is 0.599. The number of hydrogen-bond donors (Lipinski definition) is 0. The van der Waals surface area contributed by atoms with Gasteiger partial charge in [0.15, 0.2) is 0 Å². The lowest BCUT2D eigenvalue weighted by Gasteiger charge is -2.58. The van der Waals surface area contributed by atoms with Crippen LogP contribution in [0.3, 0.4) is 0 Å². The van der Waals surface area contributed by atoms with Gasteiger partial charge in [-0.1, -0.05) is 41.0 Å². The first-order valence-corrected chi connectivity index (χ1v) is 6.77. The molecule has 15 heavy (non-hydrogen) atoms. The summed E-state index contributed by atoms with van der Waals surface area (Å²) in [5.74, 6) is 0.842. The van der Waals surface area contributed by atoms with E-state index in [1.807, 2.05) is 0 Å². The van der Waals surface area contributed by atoms with Crippen LogP contribution in [0.2, 0.25) is 0 Å². The highest BCUT2D eigenvalue weighted by molar-refractivity contribution is 5.02. The lowest BCUT2D eigenvalue weighted by molar-refractivity contribution is -0.0704. The summed E-state index contributed by atoms with van der Waals surface area (Å²) in [5.41, 5.74) is 1.91. The van der Waals surface area contributed by atoms with E-state index < -0.39 is 0 Å². The Labute approximate surface area is 95.8 Å². The topological polar surface area (TPSA) is 0 Å². The van der Waals surface area contributed by atoms with Gasteiger partial charge in [-0.3, -0.25) is 0 Å². The summed E-state index contributed by atoms with van der Waals surface area (Å²) in [4.78, 5) is 0. The Kier molecular flexibility index (Phi) is 2.48. The molecule has 0 aromatic carbocycles.